The molecule has 0 bridgehead atoms. The molecule has 0 aromatic rings. The predicted octanol–water partition coefficient (Wildman–Crippen LogP) is 6.48. The van der Waals surface area contributed by atoms with E-state index in [0.717, 1.165) is 25.7 Å². The summed E-state index contributed by atoms with van der Waals surface area (Å²) in [6.45, 7) is 22.9. The second-order valence-electron chi connectivity index (χ2n) is 3.41. The summed E-state index contributed by atoms with van der Waals surface area (Å²) in [4.78, 5) is 0. The third-order valence-corrected chi connectivity index (χ3v) is 1.41. The summed E-state index contributed by atoms with van der Waals surface area (Å²) in [7, 11) is 0. The van der Waals surface area contributed by atoms with E-state index < -0.39 is 0 Å². The number of hydrogen-bond donors (Lipinski definition) is 0. The summed E-state index contributed by atoms with van der Waals surface area (Å²) in [5.74, 6) is 0. The van der Waals surface area contributed by atoms with Crippen LogP contribution in [0.5, 0.6) is 0 Å². The van der Waals surface area contributed by atoms with Crippen LogP contribution in [0.4, 0.5) is 0 Å². The summed E-state index contributed by atoms with van der Waals surface area (Å²) in [6.07, 6.45) is 9.11. The average molecular weight is 324 g/mol. The zero-order valence-electron chi connectivity index (χ0n) is 12.9. The van der Waals surface area contributed by atoms with Crippen LogP contribution in [-0.4, -0.2) is 0 Å². The fourth-order valence-corrected chi connectivity index (χ4v) is 0. The molecule has 0 aliphatic carbocycles. The van der Waals surface area contributed by atoms with Crippen LogP contribution >= 0.6 is 0 Å². The molecule has 0 saturated heterocycles. The molecule has 0 unspecified atom stereocenters. The third kappa shape index (κ3) is 164. The Morgan fingerprint density at radius 1 is 0.471 bits per heavy atom. The van der Waals surface area contributed by atoms with Gasteiger partial charge in [-0.05, 0) is 0 Å². The van der Waals surface area contributed by atoms with Crippen molar-refractivity contribution in [3.05, 3.63) is 27.7 Å². The van der Waals surface area contributed by atoms with Crippen molar-refractivity contribution in [1.82, 2.24) is 0 Å². The maximum Gasteiger partial charge on any atom is 4.00 e. The molecule has 0 rings (SSSR count). The molecule has 0 heterocycles. The van der Waals surface area contributed by atoms with Gasteiger partial charge in [0.25, 0.3) is 0 Å². The zero-order valence-corrected chi connectivity index (χ0v) is 14.9. The van der Waals surface area contributed by atoms with Crippen molar-refractivity contribution in [3.63, 3.8) is 0 Å². The van der Waals surface area contributed by atoms with Crippen molar-refractivity contribution in [2.45, 2.75) is 79.1 Å². The third-order valence-electron chi connectivity index (χ3n) is 1.41. The van der Waals surface area contributed by atoms with Gasteiger partial charge >= 0.3 is 21.1 Å². The Labute approximate surface area is 128 Å². The second-order valence-corrected chi connectivity index (χ2v) is 3.41. The van der Waals surface area contributed by atoms with Gasteiger partial charge in [0.15, 0.2) is 0 Å². The van der Waals surface area contributed by atoms with Crippen LogP contribution in [0, 0.1) is 27.7 Å². The van der Waals surface area contributed by atoms with E-state index in [1.165, 1.54) is 25.7 Å². The Bertz CT molecular complexity index is 29.5. The van der Waals surface area contributed by atoms with E-state index in [0.29, 0.717) is 0 Å². The van der Waals surface area contributed by atoms with Crippen LogP contribution in [0.2, 0.25) is 0 Å². The van der Waals surface area contributed by atoms with Gasteiger partial charge in [-0.15, -0.1) is 0 Å². The van der Waals surface area contributed by atoms with Gasteiger partial charge in [-0.1, -0.05) is 53.4 Å². The van der Waals surface area contributed by atoms with Gasteiger partial charge in [0, 0.05) is 0 Å². The largest absolute Gasteiger partial charge is 4.00 e. The Balaban J connectivity index is -0.0000000369. The van der Waals surface area contributed by atoms with E-state index in [9.17, 15) is 0 Å². The molecule has 0 radical (unpaired) electrons. The molecule has 0 N–H and O–H groups in total. The van der Waals surface area contributed by atoms with E-state index >= 15 is 0 Å². The average Bonchev–Trinajstić information content (AvgIpc) is 2.39. The fraction of sp³-hybridized carbons (Fsp3) is 0.750. The molecule has 0 amide bonds. The molecule has 0 atom stereocenters. The van der Waals surface area contributed by atoms with Crippen molar-refractivity contribution in [1.29, 1.82) is 0 Å². The van der Waals surface area contributed by atoms with Gasteiger partial charge < -0.3 is 27.7 Å². The smallest absolute Gasteiger partial charge is 0.343 e. The van der Waals surface area contributed by atoms with Gasteiger partial charge in [-0.3, -0.25) is 0 Å². The molecular formula is C16H36Mo. The molecule has 0 aromatic heterocycles. The first-order valence-electron chi connectivity index (χ1n) is 6.83. The topological polar surface area (TPSA) is 0 Å². The number of rotatable bonds is 4. The minimum atomic E-state index is 0. The van der Waals surface area contributed by atoms with E-state index in [4.69, 9.17) is 0 Å². The SMILES string of the molecule is [CH2-]CCC.[CH2-]CCC.[CH2-]CCC.[CH2-]CCC.[Mo+4]. The monoisotopic (exact) mass is 326 g/mol. The van der Waals surface area contributed by atoms with Crippen molar-refractivity contribution in [3.8, 4) is 0 Å². The Morgan fingerprint density at radius 2 is 0.529 bits per heavy atom. The van der Waals surface area contributed by atoms with Gasteiger partial charge in [-0.2, -0.15) is 25.7 Å². The summed E-state index contributed by atoms with van der Waals surface area (Å²) < 4.78 is 0. The molecule has 0 fully saturated rings. The summed E-state index contributed by atoms with van der Waals surface area (Å²) in [5, 5.41) is 0. The minimum Gasteiger partial charge on any atom is -0.343 e. The Hall–Kier alpha value is 0.688. The normalized spacial score (nSPS) is 7.06. The first kappa shape index (κ1) is 30.6. The molecule has 0 aliphatic rings. The summed E-state index contributed by atoms with van der Waals surface area (Å²) in [5.41, 5.74) is 0. The van der Waals surface area contributed by atoms with Crippen LogP contribution in [0.3, 0.4) is 0 Å². The first-order valence-corrected chi connectivity index (χ1v) is 6.83. The maximum atomic E-state index is 3.60. The number of hydrogen-bond acceptors (Lipinski definition) is 0. The van der Waals surface area contributed by atoms with Gasteiger partial charge in [0.1, 0.15) is 0 Å². The standard InChI is InChI=1S/4C4H9.Mo/c4*1-3-4-2;/h4*1,3-4H2,2H3;/q4*-1;+4. The molecule has 0 aliphatic heterocycles. The van der Waals surface area contributed by atoms with E-state index in [1.54, 1.807) is 0 Å². The summed E-state index contributed by atoms with van der Waals surface area (Å²) >= 11 is 0. The minimum absolute atomic E-state index is 0. The molecule has 0 nitrogen and oxygen atoms in total. The second kappa shape index (κ2) is 54.4. The number of unbranched alkanes of at least 4 members (excludes halogenated alkanes) is 4. The van der Waals surface area contributed by atoms with Crippen LogP contribution in [0.25, 0.3) is 0 Å². The van der Waals surface area contributed by atoms with Gasteiger partial charge in [-0.25, -0.2) is 0 Å². The van der Waals surface area contributed by atoms with Crippen LogP contribution in [0.1, 0.15) is 79.1 Å². The van der Waals surface area contributed by atoms with Crippen molar-refractivity contribution in [2.75, 3.05) is 0 Å². The van der Waals surface area contributed by atoms with Gasteiger partial charge in [0.2, 0.25) is 0 Å². The van der Waals surface area contributed by atoms with E-state index in [2.05, 4.69) is 55.4 Å². The molecule has 106 valence electrons. The van der Waals surface area contributed by atoms with Crippen molar-refractivity contribution >= 4 is 0 Å². The quantitative estimate of drug-likeness (QED) is 0.410. The molecule has 17 heavy (non-hydrogen) atoms. The van der Waals surface area contributed by atoms with Gasteiger partial charge in [0.05, 0.1) is 0 Å². The van der Waals surface area contributed by atoms with E-state index in [1.807, 2.05) is 0 Å². The summed E-state index contributed by atoms with van der Waals surface area (Å²) in [6, 6.07) is 0. The molecule has 0 saturated carbocycles. The molecular weight excluding hydrogens is 288 g/mol. The van der Waals surface area contributed by atoms with Crippen LogP contribution in [0.15, 0.2) is 0 Å². The van der Waals surface area contributed by atoms with E-state index in [-0.39, 0.29) is 21.1 Å². The van der Waals surface area contributed by atoms with Crippen molar-refractivity contribution in [2.24, 2.45) is 0 Å². The first-order chi connectivity index (χ1) is 7.66. The Kier molecular flexibility index (Phi) is 97.9. The van der Waals surface area contributed by atoms with Crippen LogP contribution in [-0.2, 0) is 21.1 Å². The molecule has 1 heteroatoms. The maximum absolute atomic E-state index is 3.60. The Morgan fingerprint density at radius 3 is 0.529 bits per heavy atom. The van der Waals surface area contributed by atoms with Crippen molar-refractivity contribution < 1.29 is 21.1 Å². The zero-order chi connectivity index (χ0) is 13.7. The fourth-order valence-electron chi connectivity index (χ4n) is 0. The van der Waals surface area contributed by atoms with Crippen LogP contribution < -0.4 is 0 Å². The predicted molar refractivity (Wildman–Crippen MR) is 81.1 cm³/mol. The molecule has 0 spiro atoms. The molecule has 0 aromatic carbocycles.